The number of carbonyl (C=O) groups excluding carboxylic acids is 2. The predicted molar refractivity (Wildman–Crippen MR) is 71.6 cm³/mol. The van der Waals surface area contributed by atoms with Gasteiger partial charge in [-0.3, -0.25) is 14.0 Å². The van der Waals surface area contributed by atoms with E-state index in [1.54, 1.807) is 0 Å². The highest BCUT2D eigenvalue weighted by Crippen LogP contribution is 2.24. The molecule has 0 atom stereocenters. The third kappa shape index (κ3) is 2.66. The number of primary amides is 2. The summed E-state index contributed by atoms with van der Waals surface area (Å²) >= 11 is 1.43. The van der Waals surface area contributed by atoms with Crippen molar-refractivity contribution in [3.63, 3.8) is 0 Å². The van der Waals surface area contributed by atoms with Gasteiger partial charge in [0.15, 0.2) is 10.8 Å². The van der Waals surface area contributed by atoms with E-state index in [1.807, 2.05) is 16.0 Å². The van der Waals surface area contributed by atoms with Crippen LogP contribution in [-0.2, 0) is 16.1 Å². The van der Waals surface area contributed by atoms with Gasteiger partial charge in [0.05, 0.1) is 18.8 Å². The van der Waals surface area contributed by atoms with E-state index in [1.165, 1.54) is 16.2 Å². The van der Waals surface area contributed by atoms with Gasteiger partial charge in [0, 0.05) is 18.1 Å². The molecule has 0 bridgehead atoms. The first-order chi connectivity index (χ1) is 9.02. The van der Waals surface area contributed by atoms with Crippen LogP contribution in [0.1, 0.15) is 5.69 Å². The fourth-order valence-electron chi connectivity index (χ4n) is 1.85. The van der Waals surface area contributed by atoms with Gasteiger partial charge in [-0.15, -0.1) is 11.3 Å². The number of aromatic nitrogens is 2. The van der Waals surface area contributed by atoms with Crippen LogP contribution in [0.3, 0.4) is 0 Å². The number of imidazole rings is 1. The molecule has 2 aromatic heterocycles. The fraction of sp³-hybridized carbons (Fsp3) is 0.300. The lowest BCUT2D eigenvalue weighted by atomic mass is 10.3. The van der Waals surface area contributed by atoms with Gasteiger partial charge in [0.2, 0.25) is 11.8 Å². The summed E-state index contributed by atoms with van der Waals surface area (Å²) in [6.07, 6.45) is 1.82. The second-order valence-electron chi connectivity index (χ2n) is 3.93. The highest BCUT2D eigenvalue weighted by Gasteiger charge is 2.20. The first-order valence-corrected chi connectivity index (χ1v) is 6.37. The highest BCUT2D eigenvalue weighted by atomic mass is 32.1. The van der Waals surface area contributed by atoms with Crippen molar-refractivity contribution in [1.82, 2.24) is 9.38 Å². The lowest BCUT2D eigenvalue weighted by molar-refractivity contribution is -0.117. The molecule has 6 N–H and O–H groups in total. The first kappa shape index (κ1) is 13.3. The molecule has 0 aliphatic carbocycles. The Morgan fingerprint density at radius 3 is 2.47 bits per heavy atom. The smallest absolute Gasteiger partial charge is 0.237 e. The summed E-state index contributed by atoms with van der Waals surface area (Å²) in [4.78, 5) is 28.7. The van der Waals surface area contributed by atoms with Gasteiger partial charge >= 0.3 is 0 Å². The summed E-state index contributed by atoms with van der Waals surface area (Å²) in [5.74, 6) is -0.673. The van der Waals surface area contributed by atoms with Gasteiger partial charge in [-0.25, -0.2) is 4.98 Å². The van der Waals surface area contributed by atoms with Crippen molar-refractivity contribution in [3.05, 3.63) is 17.3 Å². The maximum Gasteiger partial charge on any atom is 0.237 e. The van der Waals surface area contributed by atoms with Crippen LogP contribution in [0.5, 0.6) is 0 Å². The topological polar surface area (TPSA) is 133 Å². The minimum Gasteiger partial charge on any atom is -0.368 e. The molecule has 0 saturated heterocycles. The van der Waals surface area contributed by atoms with E-state index < -0.39 is 11.8 Å². The second-order valence-corrected chi connectivity index (χ2v) is 4.80. The summed E-state index contributed by atoms with van der Waals surface area (Å²) in [5.41, 5.74) is 16.8. The molecule has 2 heterocycles. The summed E-state index contributed by atoms with van der Waals surface area (Å²) in [6, 6.07) is 0. The van der Waals surface area contributed by atoms with Gasteiger partial charge in [-0.2, -0.15) is 0 Å². The van der Waals surface area contributed by atoms with Crippen molar-refractivity contribution in [2.45, 2.75) is 6.54 Å². The molecule has 9 heteroatoms. The lowest BCUT2D eigenvalue weighted by Crippen LogP contribution is -2.40. The Labute approximate surface area is 112 Å². The number of nitrogens with two attached hydrogens (primary N) is 3. The second kappa shape index (κ2) is 5.24. The minimum absolute atomic E-state index is 0.138. The first-order valence-electron chi connectivity index (χ1n) is 5.49. The van der Waals surface area contributed by atoms with Crippen LogP contribution in [-0.4, -0.2) is 34.3 Å². The number of carbonyl (C=O) groups is 2. The van der Waals surface area contributed by atoms with Crippen molar-refractivity contribution in [1.29, 1.82) is 0 Å². The maximum atomic E-state index is 11.1. The molecular formula is C10H14N6O2S. The lowest BCUT2D eigenvalue weighted by Gasteiger charge is -2.20. The molecule has 19 heavy (non-hydrogen) atoms. The van der Waals surface area contributed by atoms with E-state index >= 15 is 0 Å². The van der Waals surface area contributed by atoms with Crippen LogP contribution in [0.15, 0.2) is 11.6 Å². The number of hydrogen-bond acceptors (Lipinski definition) is 6. The summed E-state index contributed by atoms with van der Waals surface area (Å²) in [7, 11) is 0. The quantitative estimate of drug-likeness (QED) is 0.601. The Bertz CT molecular complexity index is 603. The Morgan fingerprint density at radius 1 is 1.32 bits per heavy atom. The van der Waals surface area contributed by atoms with E-state index in [-0.39, 0.29) is 19.6 Å². The Kier molecular flexibility index (Phi) is 3.67. The molecule has 0 spiro atoms. The Hall–Kier alpha value is -2.13. The molecule has 0 aromatic carbocycles. The molecule has 0 aliphatic rings. The van der Waals surface area contributed by atoms with Gasteiger partial charge in [-0.05, 0) is 0 Å². The summed E-state index contributed by atoms with van der Waals surface area (Å²) in [6.45, 7) is -0.0528. The van der Waals surface area contributed by atoms with E-state index in [0.29, 0.717) is 11.5 Å². The summed E-state index contributed by atoms with van der Waals surface area (Å²) in [5, 5.41) is 1.87. The predicted octanol–water partition coefficient (Wildman–Crippen LogP) is -1.37. The summed E-state index contributed by atoms with van der Waals surface area (Å²) < 4.78 is 1.81. The number of hydrogen-bond donors (Lipinski definition) is 3. The zero-order chi connectivity index (χ0) is 14.0. The Balaban J connectivity index is 2.44. The van der Waals surface area contributed by atoms with Crippen molar-refractivity contribution >= 4 is 33.9 Å². The van der Waals surface area contributed by atoms with Crippen LogP contribution in [0.4, 0.5) is 5.82 Å². The number of rotatable bonds is 6. The maximum absolute atomic E-state index is 11.1. The zero-order valence-electron chi connectivity index (χ0n) is 10.1. The van der Waals surface area contributed by atoms with Crippen molar-refractivity contribution in [2.75, 3.05) is 18.0 Å². The van der Waals surface area contributed by atoms with Crippen LogP contribution in [0, 0.1) is 0 Å². The fourth-order valence-corrected chi connectivity index (χ4v) is 2.57. The number of amides is 2. The third-order valence-corrected chi connectivity index (χ3v) is 3.28. The van der Waals surface area contributed by atoms with Gasteiger partial charge < -0.3 is 22.1 Å². The minimum atomic E-state index is -0.569. The Morgan fingerprint density at radius 2 is 1.95 bits per heavy atom. The standard InChI is InChI=1S/C10H14N6O2S/c11-3-6-9(14-10-16(6)1-2-19-10)15(4-7(12)17)5-8(13)18/h1-2H,3-5,11H2,(H2,12,17)(H2,13,18). The van der Waals surface area contributed by atoms with Crippen LogP contribution >= 0.6 is 11.3 Å². The average molecular weight is 282 g/mol. The molecule has 0 unspecified atom stereocenters. The third-order valence-electron chi connectivity index (χ3n) is 2.53. The monoisotopic (exact) mass is 282 g/mol. The van der Waals surface area contributed by atoms with Crippen LogP contribution < -0.4 is 22.1 Å². The van der Waals surface area contributed by atoms with Gasteiger partial charge in [0.25, 0.3) is 0 Å². The van der Waals surface area contributed by atoms with Crippen LogP contribution in [0.2, 0.25) is 0 Å². The highest BCUT2D eigenvalue weighted by molar-refractivity contribution is 7.15. The molecule has 0 radical (unpaired) electrons. The zero-order valence-corrected chi connectivity index (χ0v) is 10.9. The average Bonchev–Trinajstić information content (AvgIpc) is 2.85. The number of thiazole rings is 1. The van der Waals surface area contributed by atoms with Crippen molar-refractivity contribution in [3.8, 4) is 0 Å². The van der Waals surface area contributed by atoms with E-state index in [2.05, 4.69) is 4.98 Å². The molecule has 0 aliphatic heterocycles. The molecule has 102 valence electrons. The van der Waals surface area contributed by atoms with Crippen LogP contribution in [0.25, 0.3) is 4.96 Å². The number of anilines is 1. The van der Waals surface area contributed by atoms with Gasteiger partial charge in [-0.1, -0.05) is 0 Å². The molecule has 8 nitrogen and oxygen atoms in total. The largest absolute Gasteiger partial charge is 0.368 e. The van der Waals surface area contributed by atoms with E-state index in [4.69, 9.17) is 17.2 Å². The van der Waals surface area contributed by atoms with Gasteiger partial charge in [0.1, 0.15) is 0 Å². The van der Waals surface area contributed by atoms with E-state index in [0.717, 1.165) is 4.96 Å². The normalized spacial score (nSPS) is 10.8. The van der Waals surface area contributed by atoms with Crippen molar-refractivity contribution < 1.29 is 9.59 Å². The van der Waals surface area contributed by atoms with Crippen molar-refractivity contribution in [2.24, 2.45) is 17.2 Å². The molecule has 2 amide bonds. The molecule has 0 saturated carbocycles. The van der Waals surface area contributed by atoms with E-state index in [9.17, 15) is 9.59 Å². The molecule has 2 aromatic rings. The molecular weight excluding hydrogens is 268 g/mol. The number of fused-ring (bicyclic) bond motifs is 1. The molecule has 2 rings (SSSR count). The number of nitrogens with zero attached hydrogens (tertiary/aromatic N) is 3. The SMILES string of the molecule is NCc1c(N(CC(N)=O)CC(N)=O)nc2sccn12. The molecule has 0 fully saturated rings.